The van der Waals surface area contributed by atoms with Crippen molar-refractivity contribution in [2.24, 2.45) is 0 Å². The standard InChI is InChI=1S/C5H7N3O.Ag.HNO3/c1-6-4-2-3-7-5(9)8-4;;2-1(3)4/h2-3H,1H3,(H2,6,7,8,9);;(H,2,3,4). The topological polar surface area (TPSA) is 121 Å². The Hall–Kier alpha value is -1.38. The molecular formula is C5H8AgN4O4. The van der Waals surface area contributed by atoms with Gasteiger partial charge < -0.3 is 10.5 Å². The smallest absolute Gasteiger partial charge is 0.346 e. The minimum Gasteiger partial charge on any atom is -0.375 e. The third kappa shape index (κ3) is 8.71. The SMILES string of the molecule is CNc1ccnc(=O)[nH]1.O=[N+]([O-])O.[Ag]. The first-order valence-corrected chi connectivity index (χ1v) is 3.12. The number of aromatic amines is 1. The molecule has 9 heteroatoms. The molecule has 0 spiro atoms. The normalized spacial score (nSPS) is 7.50. The van der Waals surface area contributed by atoms with Crippen LogP contribution >= 0.6 is 0 Å². The molecule has 1 rings (SSSR count). The Bertz CT molecular complexity index is 324. The first-order valence-electron chi connectivity index (χ1n) is 3.12. The van der Waals surface area contributed by atoms with Crippen molar-refractivity contribution in [2.45, 2.75) is 0 Å². The maximum atomic E-state index is 10.4. The van der Waals surface area contributed by atoms with E-state index in [1.54, 1.807) is 13.1 Å². The van der Waals surface area contributed by atoms with E-state index < -0.39 is 5.09 Å². The van der Waals surface area contributed by atoms with E-state index in [0.29, 0.717) is 5.82 Å². The van der Waals surface area contributed by atoms with Gasteiger partial charge in [0.15, 0.2) is 0 Å². The van der Waals surface area contributed by atoms with Gasteiger partial charge in [-0.05, 0) is 6.07 Å². The van der Waals surface area contributed by atoms with Gasteiger partial charge in [-0.25, -0.2) is 9.78 Å². The predicted octanol–water partition coefficient (Wildman–Crippen LogP) is -0.539. The van der Waals surface area contributed by atoms with Gasteiger partial charge in [0.1, 0.15) is 5.82 Å². The molecule has 8 nitrogen and oxygen atoms in total. The Balaban J connectivity index is 0. The quantitative estimate of drug-likeness (QED) is 0.363. The van der Waals surface area contributed by atoms with Gasteiger partial charge >= 0.3 is 5.69 Å². The summed E-state index contributed by atoms with van der Waals surface area (Å²) in [5.74, 6) is 0.676. The Labute approximate surface area is 94.0 Å². The Morgan fingerprint density at radius 2 is 2.21 bits per heavy atom. The molecule has 83 valence electrons. The van der Waals surface area contributed by atoms with Crippen molar-refractivity contribution in [3.63, 3.8) is 0 Å². The van der Waals surface area contributed by atoms with Crippen LogP contribution in [0.3, 0.4) is 0 Å². The third-order valence-electron chi connectivity index (χ3n) is 0.944. The van der Waals surface area contributed by atoms with Crippen molar-refractivity contribution in [3.05, 3.63) is 32.9 Å². The minimum atomic E-state index is -1.50. The second kappa shape index (κ2) is 8.23. The van der Waals surface area contributed by atoms with Crippen LogP contribution in [-0.2, 0) is 22.4 Å². The summed E-state index contributed by atoms with van der Waals surface area (Å²) >= 11 is 0. The van der Waals surface area contributed by atoms with Crippen LogP contribution in [0, 0.1) is 10.1 Å². The Morgan fingerprint density at radius 3 is 2.50 bits per heavy atom. The monoisotopic (exact) mass is 295 g/mol. The molecule has 14 heavy (non-hydrogen) atoms. The summed E-state index contributed by atoms with van der Waals surface area (Å²) in [6.45, 7) is 0. The number of aromatic nitrogens is 2. The summed E-state index contributed by atoms with van der Waals surface area (Å²) < 4.78 is 0. The van der Waals surface area contributed by atoms with E-state index in [1.807, 2.05) is 0 Å². The Morgan fingerprint density at radius 1 is 1.71 bits per heavy atom. The summed E-state index contributed by atoms with van der Waals surface area (Å²) in [6.07, 6.45) is 1.45. The first-order chi connectivity index (χ1) is 6.06. The van der Waals surface area contributed by atoms with E-state index in [2.05, 4.69) is 15.3 Å². The predicted molar refractivity (Wildman–Crippen MR) is 43.2 cm³/mol. The molecule has 0 aliphatic heterocycles. The zero-order valence-electron chi connectivity index (χ0n) is 7.02. The van der Waals surface area contributed by atoms with E-state index >= 15 is 0 Å². The molecule has 1 heterocycles. The van der Waals surface area contributed by atoms with E-state index in [1.165, 1.54) is 6.20 Å². The van der Waals surface area contributed by atoms with Gasteiger partial charge in [-0.3, -0.25) is 4.98 Å². The van der Waals surface area contributed by atoms with Crippen molar-refractivity contribution in [1.82, 2.24) is 9.97 Å². The molecule has 0 amide bonds. The number of hydrogen-bond donors (Lipinski definition) is 3. The molecule has 0 saturated carbocycles. The van der Waals surface area contributed by atoms with Gasteiger partial charge in [0, 0.05) is 35.6 Å². The molecule has 0 bridgehead atoms. The summed E-state index contributed by atoms with van der Waals surface area (Å²) in [4.78, 5) is 24.7. The maximum absolute atomic E-state index is 10.4. The molecule has 0 aromatic carbocycles. The number of hydrogen-bond acceptors (Lipinski definition) is 5. The average Bonchev–Trinajstić information content (AvgIpc) is 2.03. The molecule has 0 aliphatic rings. The van der Waals surface area contributed by atoms with Gasteiger partial charge in [0.25, 0.3) is 5.09 Å². The maximum Gasteiger partial charge on any atom is 0.346 e. The second-order valence-electron chi connectivity index (χ2n) is 1.78. The van der Waals surface area contributed by atoms with Crippen molar-refractivity contribution < 1.29 is 32.7 Å². The molecule has 3 N–H and O–H groups in total. The summed E-state index contributed by atoms with van der Waals surface area (Å²) in [5.41, 5.74) is -0.332. The van der Waals surface area contributed by atoms with Gasteiger partial charge in [-0.2, -0.15) is 0 Å². The molecule has 0 unspecified atom stereocenters. The van der Waals surface area contributed by atoms with Gasteiger partial charge in [0.05, 0.1) is 0 Å². The molecule has 0 atom stereocenters. The molecule has 0 saturated heterocycles. The fraction of sp³-hybridized carbons (Fsp3) is 0.200. The van der Waals surface area contributed by atoms with Crippen LogP contribution < -0.4 is 11.0 Å². The van der Waals surface area contributed by atoms with E-state index in [0.717, 1.165) is 0 Å². The van der Waals surface area contributed by atoms with Gasteiger partial charge in [-0.1, -0.05) is 0 Å². The number of nitrogens with zero attached hydrogens (tertiary/aromatic N) is 2. The average molecular weight is 296 g/mol. The largest absolute Gasteiger partial charge is 0.375 e. The molecular weight excluding hydrogens is 288 g/mol. The van der Waals surface area contributed by atoms with Crippen LogP contribution in [0.4, 0.5) is 5.82 Å². The zero-order chi connectivity index (χ0) is 10.3. The van der Waals surface area contributed by atoms with Crippen molar-refractivity contribution in [3.8, 4) is 0 Å². The van der Waals surface area contributed by atoms with Crippen LogP contribution in [0.25, 0.3) is 0 Å². The number of anilines is 1. The molecule has 1 radical (unpaired) electrons. The van der Waals surface area contributed by atoms with Crippen molar-refractivity contribution in [1.29, 1.82) is 0 Å². The third-order valence-corrected chi connectivity index (χ3v) is 0.944. The number of H-pyrrole nitrogens is 1. The second-order valence-corrected chi connectivity index (χ2v) is 1.78. The molecule has 0 fully saturated rings. The molecule has 1 aromatic heterocycles. The van der Waals surface area contributed by atoms with E-state index in [9.17, 15) is 4.79 Å². The summed E-state index contributed by atoms with van der Waals surface area (Å²) in [5, 5.41) is 16.4. The molecule has 0 aliphatic carbocycles. The summed E-state index contributed by atoms with van der Waals surface area (Å²) in [7, 11) is 1.73. The first kappa shape index (κ1) is 15.1. The zero-order valence-corrected chi connectivity index (χ0v) is 8.50. The van der Waals surface area contributed by atoms with Crippen molar-refractivity contribution >= 4 is 5.82 Å². The summed E-state index contributed by atoms with van der Waals surface area (Å²) in [6, 6.07) is 1.68. The molecule has 1 aromatic rings. The van der Waals surface area contributed by atoms with Crippen molar-refractivity contribution in [2.75, 3.05) is 12.4 Å². The van der Waals surface area contributed by atoms with E-state index in [-0.39, 0.29) is 28.1 Å². The van der Waals surface area contributed by atoms with Gasteiger partial charge in [-0.15, -0.1) is 10.1 Å². The van der Waals surface area contributed by atoms with Crippen LogP contribution in [0.2, 0.25) is 0 Å². The fourth-order valence-electron chi connectivity index (χ4n) is 0.514. The van der Waals surface area contributed by atoms with Crippen LogP contribution in [0.15, 0.2) is 17.1 Å². The van der Waals surface area contributed by atoms with Crippen LogP contribution in [0.5, 0.6) is 0 Å². The van der Waals surface area contributed by atoms with Gasteiger partial charge in [0.2, 0.25) is 0 Å². The fourth-order valence-corrected chi connectivity index (χ4v) is 0.514. The van der Waals surface area contributed by atoms with E-state index in [4.69, 9.17) is 15.3 Å². The minimum absolute atomic E-state index is 0. The van der Waals surface area contributed by atoms with Crippen LogP contribution in [0.1, 0.15) is 0 Å². The number of nitrogens with one attached hydrogen (secondary N) is 2. The Kier molecular flexibility index (Phi) is 8.88. The number of rotatable bonds is 1. The van der Waals surface area contributed by atoms with Crippen LogP contribution in [-0.4, -0.2) is 27.3 Å².